The topological polar surface area (TPSA) is 82.2 Å². The van der Waals surface area contributed by atoms with E-state index in [4.69, 9.17) is 5.73 Å². The van der Waals surface area contributed by atoms with Crippen LogP contribution in [0.1, 0.15) is 16.7 Å². The van der Waals surface area contributed by atoms with Gasteiger partial charge in [-0.1, -0.05) is 35.9 Å². The van der Waals surface area contributed by atoms with Crippen LogP contribution in [-0.2, 0) is 15.8 Å². The summed E-state index contributed by atoms with van der Waals surface area (Å²) in [4.78, 5) is 12.5. The van der Waals surface area contributed by atoms with Crippen LogP contribution in [0.2, 0.25) is 0 Å². The summed E-state index contributed by atoms with van der Waals surface area (Å²) in [5.41, 5.74) is 8.00. The van der Waals surface area contributed by atoms with E-state index in [1.54, 1.807) is 37.3 Å². The summed E-state index contributed by atoms with van der Waals surface area (Å²) in [6.45, 7) is 3.54. The Morgan fingerprint density at radius 2 is 1.67 bits per heavy atom. The molecule has 0 saturated heterocycles. The highest BCUT2D eigenvalue weighted by Gasteiger charge is 2.20. The number of anilines is 1. The van der Waals surface area contributed by atoms with Crippen LogP contribution >= 0.6 is 0 Å². The minimum Gasteiger partial charge on any atom is -0.399 e. The third kappa shape index (κ3) is 2.92. The quantitative estimate of drug-likeness (QED) is 0.742. The van der Waals surface area contributed by atoms with Crippen LogP contribution in [0.15, 0.2) is 53.3 Å². The number of rotatable bonds is 3. The molecule has 0 radical (unpaired) electrons. The molecule has 5 nitrogen and oxygen atoms in total. The highest BCUT2D eigenvalue weighted by Crippen LogP contribution is 2.20. The summed E-state index contributed by atoms with van der Waals surface area (Å²) in [5, 5.41) is 0.661. The van der Waals surface area contributed by atoms with Crippen LogP contribution in [0.4, 0.5) is 5.69 Å². The lowest BCUT2D eigenvalue weighted by molar-refractivity contribution is 0.586. The predicted molar refractivity (Wildman–Crippen MR) is 96.6 cm³/mol. The van der Waals surface area contributed by atoms with Gasteiger partial charge in [0.25, 0.3) is 5.56 Å². The van der Waals surface area contributed by atoms with Gasteiger partial charge in [0.05, 0.1) is 11.3 Å². The Kier molecular flexibility index (Phi) is 3.93. The lowest BCUT2D eigenvalue weighted by Crippen LogP contribution is -2.30. The monoisotopic (exact) mass is 342 g/mol. The Morgan fingerprint density at radius 1 is 1.00 bits per heavy atom. The maximum atomic E-state index is 12.9. The second-order valence-electron chi connectivity index (χ2n) is 5.96. The van der Waals surface area contributed by atoms with Crippen LogP contribution < -0.4 is 11.3 Å². The van der Waals surface area contributed by atoms with Crippen LogP contribution in [0.5, 0.6) is 0 Å². The Morgan fingerprint density at radius 3 is 2.33 bits per heavy atom. The van der Waals surface area contributed by atoms with E-state index >= 15 is 0 Å². The molecule has 0 spiro atoms. The van der Waals surface area contributed by atoms with E-state index in [0.717, 1.165) is 9.54 Å². The largest absolute Gasteiger partial charge is 0.399 e. The summed E-state index contributed by atoms with van der Waals surface area (Å²) in [6, 6.07) is 13.8. The lowest BCUT2D eigenvalue weighted by atomic mass is 10.1. The number of hydrogen-bond donors (Lipinski definition) is 1. The van der Waals surface area contributed by atoms with Crippen LogP contribution in [-0.4, -0.2) is 12.4 Å². The molecule has 2 N–H and O–H groups in total. The Labute approximate surface area is 140 Å². The van der Waals surface area contributed by atoms with Crippen molar-refractivity contribution in [3.63, 3.8) is 0 Å². The second-order valence-corrected chi connectivity index (χ2v) is 7.77. The number of aryl methyl sites for hydroxylation is 2. The molecule has 124 valence electrons. The molecular weight excluding hydrogens is 324 g/mol. The molecule has 2 aromatic carbocycles. The third-order valence-electron chi connectivity index (χ3n) is 3.91. The molecule has 0 aliphatic rings. The highest BCUT2D eigenvalue weighted by atomic mass is 32.2. The molecule has 1 heterocycles. The van der Waals surface area contributed by atoms with Crippen molar-refractivity contribution in [2.45, 2.75) is 19.6 Å². The molecule has 0 aliphatic carbocycles. The molecule has 0 saturated carbocycles. The van der Waals surface area contributed by atoms with Crippen molar-refractivity contribution >= 4 is 26.6 Å². The summed E-state index contributed by atoms with van der Waals surface area (Å²) in [6.07, 6.45) is 0. The van der Waals surface area contributed by atoms with Crippen molar-refractivity contribution < 1.29 is 8.42 Å². The summed E-state index contributed by atoms with van der Waals surface area (Å²) in [7, 11) is -3.87. The third-order valence-corrected chi connectivity index (χ3v) is 5.53. The second kappa shape index (κ2) is 5.79. The number of pyridine rings is 1. The Balaban J connectivity index is 2.23. The van der Waals surface area contributed by atoms with Crippen LogP contribution in [0.3, 0.4) is 0 Å². The van der Waals surface area contributed by atoms with Gasteiger partial charge < -0.3 is 5.73 Å². The van der Waals surface area contributed by atoms with Gasteiger partial charge in [-0.15, -0.1) is 0 Å². The molecule has 24 heavy (non-hydrogen) atoms. The number of nitrogens with two attached hydrogens (primary N) is 1. The van der Waals surface area contributed by atoms with Crippen LogP contribution in [0, 0.1) is 13.8 Å². The molecule has 3 rings (SSSR count). The maximum Gasteiger partial charge on any atom is 0.267 e. The molecular formula is C18H18N2O3S. The Bertz CT molecular complexity index is 1080. The van der Waals surface area contributed by atoms with Gasteiger partial charge in [0.2, 0.25) is 10.0 Å². The molecule has 0 atom stereocenters. The first-order valence-electron chi connectivity index (χ1n) is 7.48. The average molecular weight is 342 g/mol. The zero-order valence-corrected chi connectivity index (χ0v) is 14.3. The molecule has 0 unspecified atom stereocenters. The first-order valence-corrected chi connectivity index (χ1v) is 9.09. The van der Waals surface area contributed by atoms with Crippen molar-refractivity contribution in [3.8, 4) is 0 Å². The van der Waals surface area contributed by atoms with Gasteiger partial charge in [-0.25, -0.2) is 12.4 Å². The van der Waals surface area contributed by atoms with Crippen molar-refractivity contribution in [2.24, 2.45) is 0 Å². The number of aromatic nitrogens is 1. The van der Waals surface area contributed by atoms with Gasteiger partial charge in [0, 0.05) is 11.3 Å². The van der Waals surface area contributed by atoms with Crippen molar-refractivity contribution in [2.75, 3.05) is 5.73 Å². The van der Waals surface area contributed by atoms with Crippen molar-refractivity contribution in [1.82, 2.24) is 3.97 Å². The van der Waals surface area contributed by atoms with Gasteiger partial charge in [0.15, 0.2) is 0 Å². The van der Waals surface area contributed by atoms with E-state index in [-0.39, 0.29) is 5.75 Å². The van der Waals surface area contributed by atoms with Crippen molar-refractivity contribution in [3.05, 3.63) is 75.6 Å². The molecule has 3 aromatic rings. The van der Waals surface area contributed by atoms with E-state index in [1.807, 2.05) is 19.1 Å². The fraction of sp³-hybridized carbons (Fsp3) is 0.167. The van der Waals surface area contributed by atoms with E-state index < -0.39 is 15.6 Å². The molecule has 0 bridgehead atoms. The SMILES string of the molecule is Cc1ccc(CS(=O)(=O)n2c(=O)c(C)cc3ccc(N)cc32)cc1. The zero-order chi connectivity index (χ0) is 17.5. The van der Waals surface area contributed by atoms with E-state index in [9.17, 15) is 13.2 Å². The number of fused-ring (bicyclic) bond motifs is 1. The summed E-state index contributed by atoms with van der Waals surface area (Å²) >= 11 is 0. The van der Waals surface area contributed by atoms with Crippen molar-refractivity contribution in [1.29, 1.82) is 0 Å². The Hall–Kier alpha value is -2.60. The van der Waals surface area contributed by atoms with Gasteiger partial charge in [0.1, 0.15) is 0 Å². The summed E-state index contributed by atoms with van der Waals surface area (Å²) < 4.78 is 26.7. The number of benzene rings is 2. The molecule has 0 fully saturated rings. The molecule has 6 heteroatoms. The number of hydrogen-bond acceptors (Lipinski definition) is 4. The zero-order valence-electron chi connectivity index (χ0n) is 13.5. The van der Waals surface area contributed by atoms with Gasteiger partial charge >= 0.3 is 0 Å². The molecule has 1 aromatic heterocycles. The van der Waals surface area contributed by atoms with E-state index in [0.29, 0.717) is 27.7 Å². The fourth-order valence-electron chi connectivity index (χ4n) is 2.66. The number of nitrogen functional groups attached to an aromatic ring is 1. The van der Waals surface area contributed by atoms with Crippen LogP contribution in [0.25, 0.3) is 10.9 Å². The first-order chi connectivity index (χ1) is 11.3. The summed E-state index contributed by atoms with van der Waals surface area (Å²) in [5.74, 6) is -0.249. The average Bonchev–Trinajstić information content (AvgIpc) is 2.51. The highest BCUT2D eigenvalue weighted by molar-refractivity contribution is 7.89. The fourth-order valence-corrected chi connectivity index (χ4v) is 4.26. The van der Waals surface area contributed by atoms with Gasteiger partial charge in [-0.3, -0.25) is 4.79 Å². The smallest absolute Gasteiger partial charge is 0.267 e. The predicted octanol–water partition coefficient (Wildman–Crippen LogP) is 2.58. The van der Waals surface area contributed by atoms with E-state index in [1.165, 1.54) is 6.07 Å². The normalized spacial score (nSPS) is 11.8. The minimum absolute atomic E-state index is 0.249. The first kappa shape index (κ1) is 16.3. The van der Waals surface area contributed by atoms with Gasteiger partial charge in [-0.2, -0.15) is 0 Å². The number of nitrogens with zero attached hydrogens (tertiary/aromatic N) is 1. The minimum atomic E-state index is -3.87. The maximum absolute atomic E-state index is 12.9. The lowest BCUT2D eigenvalue weighted by Gasteiger charge is -2.13. The van der Waals surface area contributed by atoms with E-state index in [2.05, 4.69) is 0 Å². The molecule has 0 amide bonds. The standard InChI is InChI=1S/C18H18N2O3S/c1-12-3-5-14(6-4-12)11-24(22,23)20-17-10-16(19)8-7-15(17)9-13(2)18(20)21/h3-10H,11,19H2,1-2H3. The molecule has 0 aliphatic heterocycles. The van der Waals surface area contributed by atoms with Gasteiger partial charge in [-0.05, 0) is 43.0 Å².